The molecule has 3 nitrogen and oxygen atoms in total. The van der Waals surface area contributed by atoms with E-state index in [2.05, 4.69) is 34.4 Å². The lowest BCUT2D eigenvalue weighted by molar-refractivity contribution is 0.581. The highest BCUT2D eigenvalue weighted by Gasteiger charge is 2.33. The third kappa shape index (κ3) is 2.12. The molecule has 0 N–H and O–H groups in total. The minimum Gasteiger partial charge on any atom is -0.312 e. The second kappa shape index (κ2) is 4.54. The summed E-state index contributed by atoms with van der Waals surface area (Å²) in [4.78, 5) is 9.23. The van der Waals surface area contributed by atoms with Crippen LogP contribution in [0.2, 0.25) is 0 Å². The molecular weight excluding hydrogens is 246 g/mol. The summed E-state index contributed by atoms with van der Waals surface area (Å²) in [6.45, 7) is 5.40. The van der Waals surface area contributed by atoms with Crippen molar-refractivity contribution in [3.05, 3.63) is 23.7 Å². The quantitative estimate of drug-likeness (QED) is 0.794. The van der Waals surface area contributed by atoms with Gasteiger partial charge in [0.2, 0.25) is 0 Å². The highest BCUT2D eigenvalue weighted by molar-refractivity contribution is 6.17. The zero-order valence-electron chi connectivity index (χ0n) is 10.9. The van der Waals surface area contributed by atoms with Gasteiger partial charge < -0.3 is 4.57 Å². The topological polar surface area (TPSA) is 30.7 Å². The fourth-order valence-corrected chi connectivity index (χ4v) is 2.68. The van der Waals surface area contributed by atoms with E-state index < -0.39 is 0 Å². The number of rotatable bonds is 4. The molecule has 1 fully saturated rings. The molecular formula is C14H18ClN3. The molecule has 1 saturated carbocycles. The van der Waals surface area contributed by atoms with E-state index in [4.69, 9.17) is 11.6 Å². The maximum Gasteiger partial charge on any atom is 0.160 e. The van der Waals surface area contributed by atoms with E-state index in [1.165, 1.54) is 6.42 Å². The molecule has 0 bridgehead atoms. The molecule has 0 amide bonds. The van der Waals surface area contributed by atoms with Gasteiger partial charge in [-0.25, -0.2) is 9.97 Å². The molecule has 0 spiro atoms. The maximum absolute atomic E-state index is 5.87. The van der Waals surface area contributed by atoms with E-state index in [0.29, 0.717) is 5.88 Å². The van der Waals surface area contributed by atoms with Crippen molar-refractivity contribution in [2.75, 3.05) is 5.88 Å². The van der Waals surface area contributed by atoms with Crippen LogP contribution in [0.15, 0.2) is 12.3 Å². The van der Waals surface area contributed by atoms with Crippen LogP contribution in [-0.2, 0) is 13.0 Å². The van der Waals surface area contributed by atoms with Crippen molar-refractivity contribution in [3.8, 4) is 0 Å². The maximum atomic E-state index is 5.87. The smallest absolute Gasteiger partial charge is 0.160 e. The molecule has 1 aliphatic carbocycles. The van der Waals surface area contributed by atoms with Crippen LogP contribution in [0, 0.1) is 18.8 Å². The molecule has 96 valence electrons. The first kappa shape index (κ1) is 12.0. The molecule has 0 aliphatic heterocycles. The largest absolute Gasteiger partial charge is 0.312 e. The molecule has 4 heteroatoms. The molecule has 3 rings (SSSR count). The van der Waals surface area contributed by atoms with Gasteiger partial charge in [-0.1, -0.05) is 6.92 Å². The number of imidazole rings is 1. The van der Waals surface area contributed by atoms with Gasteiger partial charge in [0.25, 0.3) is 0 Å². The van der Waals surface area contributed by atoms with Crippen molar-refractivity contribution >= 4 is 22.8 Å². The van der Waals surface area contributed by atoms with E-state index in [1.807, 2.05) is 6.20 Å². The molecule has 1 aliphatic rings. The number of pyridine rings is 1. The Morgan fingerprint density at radius 2 is 2.28 bits per heavy atom. The van der Waals surface area contributed by atoms with Gasteiger partial charge in [0.15, 0.2) is 5.65 Å². The summed E-state index contributed by atoms with van der Waals surface area (Å²) in [5.41, 5.74) is 3.17. The Morgan fingerprint density at radius 3 is 2.94 bits per heavy atom. The second-order valence-electron chi connectivity index (χ2n) is 5.41. The summed E-state index contributed by atoms with van der Waals surface area (Å²) in [7, 11) is 0. The fourth-order valence-electron chi connectivity index (χ4n) is 2.51. The highest BCUT2D eigenvalue weighted by atomic mass is 35.5. The lowest BCUT2D eigenvalue weighted by Crippen LogP contribution is -2.07. The normalized spacial score (nSPS) is 22.6. The van der Waals surface area contributed by atoms with Crippen molar-refractivity contribution in [1.29, 1.82) is 0 Å². The Balaban J connectivity index is 2.03. The van der Waals surface area contributed by atoms with Crippen molar-refractivity contribution in [2.24, 2.45) is 11.8 Å². The number of aryl methyl sites for hydroxylation is 2. The highest BCUT2D eigenvalue weighted by Crippen LogP contribution is 2.39. The first-order chi connectivity index (χ1) is 8.69. The first-order valence-corrected chi connectivity index (χ1v) is 7.10. The standard InChI is InChI=1S/C14H18ClN3/c1-9-5-12-14(16-7-9)18(8-11-6-10(11)2)13(17-12)3-4-15/h5,7,10-11H,3-4,6,8H2,1-2H3. The fraction of sp³-hybridized carbons (Fsp3) is 0.571. The number of fused-ring (bicyclic) bond motifs is 1. The summed E-state index contributed by atoms with van der Waals surface area (Å²) in [6.07, 6.45) is 4.06. The Kier molecular flexibility index (Phi) is 3.02. The Hall–Kier alpha value is -1.09. The van der Waals surface area contributed by atoms with Gasteiger partial charge in [0.05, 0.1) is 0 Å². The van der Waals surface area contributed by atoms with Crippen LogP contribution in [-0.4, -0.2) is 20.4 Å². The summed E-state index contributed by atoms with van der Waals surface area (Å²) in [5.74, 6) is 3.33. The molecule has 2 aromatic heterocycles. The number of aromatic nitrogens is 3. The average molecular weight is 264 g/mol. The number of nitrogens with zero attached hydrogens (tertiary/aromatic N) is 3. The van der Waals surface area contributed by atoms with Crippen LogP contribution in [0.1, 0.15) is 24.7 Å². The van der Waals surface area contributed by atoms with Crippen LogP contribution >= 0.6 is 11.6 Å². The zero-order valence-corrected chi connectivity index (χ0v) is 11.6. The Bertz CT molecular complexity index is 576. The lowest BCUT2D eigenvalue weighted by atomic mass is 10.3. The predicted octanol–water partition coefficient (Wildman–Crippen LogP) is 3.18. The molecule has 0 saturated heterocycles. The molecule has 0 radical (unpaired) electrons. The van der Waals surface area contributed by atoms with E-state index in [1.54, 1.807) is 0 Å². The molecule has 18 heavy (non-hydrogen) atoms. The van der Waals surface area contributed by atoms with Gasteiger partial charge in [-0.3, -0.25) is 0 Å². The predicted molar refractivity (Wildman–Crippen MR) is 74.0 cm³/mol. The van der Waals surface area contributed by atoms with Gasteiger partial charge in [0.1, 0.15) is 11.3 Å². The Labute approximate surface area is 112 Å². The van der Waals surface area contributed by atoms with E-state index in [-0.39, 0.29) is 0 Å². The molecule has 2 heterocycles. The monoisotopic (exact) mass is 263 g/mol. The molecule has 0 aromatic carbocycles. The van der Waals surface area contributed by atoms with Gasteiger partial charge in [-0.2, -0.15) is 0 Å². The van der Waals surface area contributed by atoms with E-state index in [0.717, 1.165) is 47.4 Å². The van der Waals surface area contributed by atoms with Crippen LogP contribution in [0.5, 0.6) is 0 Å². The second-order valence-corrected chi connectivity index (χ2v) is 5.78. The summed E-state index contributed by atoms with van der Waals surface area (Å²) in [5, 5.41) is 0. The first-order valence-electron chi connectivity index (χ1n) is 6.56. The van der Waals surface area contributed by atoms with Gasteiger partial charge in [0, 0.05) is 25.0 Å². The summed E-state index contributed by atoms with van der Waals surface area (Å²) < 4.78 is 2.27. The zero-order chi connectivity index (χ0) is 12.7. The minimum absolute atomic E-state index is 0.614. The van der Waals surface area contributed by atoms with Crippen LogP contribution in [0.3, 0.4) is 0 Å². The van der Waals surface area contributed by atoms with E-state index in [9.17, 15) is 0 Å². The average Bonchev–Trinajstić information content (AvgIpc) is 2.92. The third-order valence-corrected chi connectivity index (χ3v) is 4.00. The Morgan fingerprint density at radius 1 is 1.50 bits per heavy atom. The van der Waals surface area contributed by atoms with Crippen molar-refractivity contribution < 1.29 is 0 Å². The van der Waals surface area contributed by atoms with Crippen molar-refractivity contribution in [1.82, 2.24) is 14.5 Å². The number of halogens is 1. The van der Waals surface area contributed by atoms with Gasteiger partial charge in [-0.05, 0) is 36.8 Å². The van der Waals surface area contributed by atoms with Gasteiger partial charge in [-0.15, -0.1) is 11.6 Å². The number of hydrogen-bond acceptors (Lipinski definition) is 2. The summed E-state index contributed by atoms with van der Waals surface area (Å²) in [6, 6.07) is 2.10. The minimum atomic E-state index is 0.614. The number of alkyl halides is 1. The molecule has 2 aromatic rings. The van der Waals surface area contributed by atoms with E-state index >= 15 is 0 Å². The SMILES string of the molecule is Cc1cnc2c(c1)nc(CCCl)n2CC1CC1C. The van der Waals surface area contributed by atoms with Crippen molar-refractivity contribution in [3.63, 3.8) is 0 Å². The third-order valence-electron chi connectivity index (χ3n) is 3.81. The summed E-state index contributed by atoms with van der Waals surface area (Å²) >= 11 is 5.87. The van der Waals surface area contributed by atoms with Crippen LogP contribution in [0.25, 0.3) is 11.2 Å². The van der Waals surface area contributed by atoms with Crippen LogP contribution in [0.4, 0.5) is 0 Å². The molecule has 2 unspecified atom stereocenters. The van der Waals surface area contributed by atoms with Crippen LogP contribution < -0.4 is 0 Å². The molecule has 2 atom stereocenters. The lowest BCUT2D eigenvalue weighted by Gasteiger charge is -2.07. The number of hydrogen-bond donors (Lipinski definition) is 0. The van der Waals surface area contributed by atoms with Gasteiger partial charge >= 0.3 is 0 Å². The van der Waals surface area contributed by atoms with Crippen molar-refractivity contribution in [2.45, 2.75) is 33.2 Å².